The Morgan fingerprint density at radius 3 is 2.36 bits per heavy atom. The number of carboxylic acids is 1. The molecule has 0 aliphatic heterocycles. The molecule has 170 valence electrons. The molecule has 0 saturated heterocycles. The molecule has 0 radical (unpaired) electrons. The minimum atomic E-state index is -3.44. The van der Waals surface area contributed by atoms with Crippen LogP contribution in [-0.4, -0.2) is 30.3 Å². The summed E-state index contributed by atoms with van der Waals surface area (Å²) in [5.74, 6) is -1.12. The molecule has 0 aliphatic carbocycles. The lowest BCUT2D eigenvalue weighted by molar-refractivity contribution is -0.137. The van der Waals surface area contributed by atoms with E-state index in [-0.39, 0.29) is 26.4 Å². The van der Waals surface area contributed by atoms with Gasteiger partial charge in [0.15, 0.2) is 5.43 Å². The molecule has 0 spiro atoms. The lowest BCUT2D eigenvalue weighted by Crippen LogP contribution is -2.16. The molecule has 4 aromatic rings. The molecule has 0 saturated carbocycles. The minimum Gasteiger partial charge on any atom is -0.480 e. The highest BCUT2D eigenvalue weighted by molar-refractivity contribution is 7.92. The zero-order valence-corrected chi connectivity index (χ0v) is 19.4. The van der Waals surface area contributed by atoms with Gasteiger partial charge in [-0.2, -0.15) is 0 Å². The van der Waals surface area contributed by atoms with Gasteiger partial charge in [0.2, 0.25) is 10.0 Å². The first-order valence-electron chi connectivity index (χ1n) is 9.54. The van der Waals surface area contributed by atoms with Gasteiger partial charge in [-0.05, 0) is 48.5 Å². The summed E-state index contributed by atoms with van der Waals surface area (Å²) in [4.78, 5) is 24.7. The van der Waals surface area contributed by atoms with Crippen LogP contribution < -0.4 is 15.5 Å². The summed E-state index contributed by atoms with van der Waals surface area (Å²) >= 11 is 12.5. The summed E-state index contributed by atoms with van der Waals surface area (Å²) in [5.41, 5.74) is 1.80. The lowest BCUT2D eigenvalue weighted by Gasteiger charge is -2.16. The van der Waals surface area contributed by atoms with Crippen molar-refractivity contribution in [3.05, 3.63) is 74.9 Å². The molecule has 33 heavy (non-hydrogen) atoms. The number of nitrogens with zero attached hydrogens (tertiary/aromatic N) is 1. The second-order valence-electron chi connectivity index (χ2n) is 7.38. The van der Waals surface area contributed by atoms with Gasteiger partial charge in [0.1, 0.15) is 6.54 Å². The number of nitrogens with one attached hydrogen (secondary N) is 2. The third kappa shape index (κ3) is 4.75. The van der Waals surface area contributed by atoms with Crippen LogP contribution in [0.5, 0.6) is 0 Å². The van der Waals surface area contributed by atoms with Crippen molar-refractivity contribution in [3.8, 4) is 0 Å². The highest BCUT2D eigenvalue weighted by atomic mass is 35.5. The number of carboxylic acid groups (broad SMARTS) is 1. The summed E-state index contributed by atoms with van der Waals surface area (Å²) in [6.45, 7) is -0.440. The normalized spacial score (nSPS) is 11.6. The average molecular weight is 506 g/mol. The quantitative estimate of drug-likeness (QED) is 0.328. The van der Waals surface area contributed by atoms with E-state index in [1.165, 1.54) is 16.7 Å². The van der Waals surface area contributed by atoms with E-state index in [9.17, 15) is 23.1 Å². The molecule has 0 unspecified atom stereocenters. The summed E-state index contributed by atoms with van der Waals surface area (Å²) < 4.78 is 26.8. The maximum atomic E-state index is 13.1. The predicted molar refractivity (Wildman–Crippen MR) is 132 cm³/mol. The van der Waals surface area contributed by atoms with E-state index >= 15 is 0 Å². The van der Waals surface area contributed by atoms with Crippen molar-refractivity contribution in [2.24, 2.45) is 0 Å². The van der Waals surface area contributed by atoms with Crippen molar-refractivity contribution in [1.29, 1.82) is 0 Å². The SMILES string of the molecule is CS(=O)(=O)Nc1cccc(Nc2ccc3c(=O)c4ccc(Cl)c(Cl)c4n(CC(=O)O)c3c2)c1. The molecule has 0 atom stereocenters. The van der Waals surface area contributed by atoms with E-state index in [0.29, 0.717) is 28.0 Å². The zero-order valence-electron chi connectivity index (χ0n) is 17.1. The first kappa shape index (κ1) is 22.9. The molecule has 3 N–H and O–H groups in total. The predicted octanol–water partition coefficient (Wildman–Crippen LogP) is 4.66. The van der Waals surface area contributed by atoms with Crippen LogP contribution in [0, 0.1) is 0 Å². The van der Waals surface area contributed by atoms with Crippen molar-refractivity contribution in [2.75, 3.05) is 16.3 Å². The molecule has 1 aromatic heterocycles. The first-order valence-corrected chi connectivity index (χ1v) is 12.2. The topological polar surface area (TPSA) is 118 Å². The molecule has 8 nitrogen and oxygen atoms in total. The number of hydrogen-bond donors (Lipinski definition) is 3. The number of pyridine rings is 1. The van der Waals surface area contributed by atoms with Crippen molar-refractivity contribution in [3.63, 3.8) is 0 Å². The van der Waals surface area contributed by atoms with Crippen LogP contribution in [-0.2, 0) is 21.4 Å². The van der Waals surface area contributed by atoms with E-state index in [2.05, 4.69) is 10.0 Å². The Labute approximate surface area is 198 Å². The number of benzene rings is 3. The number of aliphatic carboxylic acids is 1. The van der Waals surface area contributed by atoms with Crippen LogP contribution in [0.25, 0.3) is 21.8 Å². The van der Waals surface area contributed by atoms with E-state index in [4.69, 9.17) is 23.2 Å². The van der Waals surface area contributed by atoms with Crippen LogP contribution in [0.4, 0.5) is 17.1 Å². The maximum Gasteiger partial charge on any atom is 0.323 e. The Hall–Kier alpha value is -3.27. The van der Waals surface area contributed by atoms with Crippen LogP contribution in [0.2, 0.25) is 10.0 Å². The Morgan fingerprint density at radius 2 is 1.67 bits per heavy atom. The number of halogens is 2. The van der Waals surface area contributed by atoms with Gasteiger partial charge in [0, 0.05) is 22.1 Å². The van der Waals surface area contributed by atoms with E-state index < -0.39 is 22.5 Å². The fraction of sp³-hybridized carbons (Fsp3) is 0.0909. The molecule has 0 bridgehead atoms. The summed E-state index contributed by atoms with van der Waals surface area (Å²) in [6, 6.07) is 14.5. The van der Waals surface area contributed by atoms with Gasteiger partial charge in [0.05, 0.1) is 33.0 Å². The van der Waals surface area contributed by atoms with Crippen LogP contribution in [0.3, 0.4) is 0 Å². The Kier molecular flexibility index (Phi) is 5.96. The molecule has 0 fully saturated rings. The molecule has 1 heterocycles. The van der Waals surface area contributed by atoms with E-state index in [0.717, 1.165) is 6.26 Å². The summed E-state index contributed by atoms with van der Waals surface area (Å²) in [5, 5.41) is 13.5. The number of carbonyl (C=O) groups is 1. The second kappa shape index (κ2) is 8.58. The standard InChI is InChI=1S/C22H17Cl2N3O5S/c1-33(31,32)26-14-4-2-3-12(9-14)25-13-5-6-15-18(10-13)27(11-19(28)29)21-16(22(15)30)7-8-17(23)20(21)24/h2-10,25-26H,11H2,1H3,(H,28,29). The van der Waals surface area contributed by atoms with E-state index in [1.54, 1.807) is 42.5 Å². The smallest absolute Gasteiger partial charge is 0.323 e. The van der Waals surface area contributed by atoms with Gasteiger partial charge < -0.3 is 15.0 Å². The number of aromatic nitrogens is 1. The van der Waals surface area contributed by atoms with Crippen molar-refractivity contribution < 1.29 is 18.3 Å². The van der Waals surface area contributed by atoms with Gasteiger partial charge in [-0.25, -0.2) is 8.42 Å². The Bertz CT molecular complexity index is 1600. The fourth-order valence-electron chi connectivity index (χ4n) is 3.62. The monoisotopic (exact) mass is 505 g/mol. The lowest BCUT2D eigenvalue weighted by atomic mass is 10.1. The molecule has 11 heteroatoms. The van der Waals surface area contributed by atoms with Gasteiger partial charge in [-0.3, -0.25) is 14.3 Å². The molecule has 4 rings (SSSR count). The fourth-order valence-corrected chi connectivity index (χ4v) is 4.59. The molecular formula is C22H17Cl2N3O5S. The number of fused-ring (bicyclic) bond motifs is 2. The third-order valence-corrected chi connectivity index (χ3v) is 6.27. The largest absolute Gasteiger partial charge is 0.480 e. The first-order chi connectivity index (χ1) is 15.5. The Balaban J connectivity index is 1.89. The molecule has 0 aliphatic rings. The van der Waals surface area contributed by atoms with Crippen molar-refractivity contribution in [2.45, 2.75) is 6.54 Å². The van der Waals surface area contributed by atoms with E-state index in [1.807, 2.05) is 0 Å². The number of hydrogen-bond acceptors (Lipinski definition) is 5. The summed E-state index contributed by atoms with van der Waals surface area (Å²) in [6.07, 6.45) is 1.06. The average Bonchev–Trinajstić information content (AvgIpc) is 2.72. The Morgan fingerprint density at radius 1 is 1.00 bits per heavy atom. The van der Waals surface area contributed by atoms with Gasteiger partial charge >= 0.3 is 5.97 Å². The van der Waals surface area contributed by atoms with Crippen LogP contribution in [0.1, 0.15) is 0 Å². The molecular weight excluding hydrogens is 489 g/mol. The highest BCUT2D eigenvalue weighted by Gasteiger charge is 2.17. The maximum absolute atomic E-state index is 13.1. The number of anilines is 3. The summed E-state index contributed by atoms with van der Waals surface area (Å²) in [7, 11) is -3.44. The van der Waals surface area contributed by atoms with Gasteiger partial charge in [0.25, 0.3) is 0 Å². The van der Waals surface area contributed by atoms with Crippen molar-refractivity contribution >= 4 is 78.1 Å². The van der Waals surface area contributed by atoms with Crippen molar-refractivity contribution in [1.82, 2.24) is 4.57 Å². The number of rotatable bonds is 6. The molecule has 0 amide bonds. The molecule has 3 aromatic carbocycles. The van der Waals surface area contributed by atoms with Crippen LogP contribution >= 0.6 is 23.2 Å². The zero-order chi connectivity index (χ0) is 23.9. The van der Waals surface area contributed by atoms with Crippen LogP contribution in [0.15, 0.2) is 59.4 Å². The van der Waals surface area contributed by atoms with Gasteiger partial charge in [-0.1, -0.05) is 29.3 Å². The second-order valence-corrected chi connectivity index (χ2v) is 9.91. The van der Waals surface area contributed by atoms with Gasteiger partial charge in [-0.15, -0.1) is 0 Å². The number of sulfonamides is 1. The third-order valence-electron chi connectivity index (χ3n) is 4.86. The highest BCUT2D eigenvalue weighted by Crippen LogP contribution is 2.33. The minimum absolute atomic E-state index is 0.0901.